The van der Waals surface area contributed by atoms with Gasteiger partial charge in [-0.3, -0.25) is 9.69 Å². The first-order valence-corrected chi connectivity index (χ1v) is 7.95. The number of carboxylic acids is 1. The summed E-state index contributed by atoms with van der Waals surface area (Å²) < 4.78 is 5.28. The van der Waals surface area contributed by atoms with E-state index in [4.69, 9.17) is 4.74 Å². The third-order valence-corrected chi connectivity index (χ3v) is 4.83. The molecule has 1 N–H and O–H groups in total. The van der Waals surface area contributed by atoms with Crippen molar-refractivity contribution in [1.29, 1.82) is 0 Å². The van der Waals surface area contributed by atoms with Gasteiger partial charge >= 0.3 is 35.5 Å². The molecule has 2 aliphatic heterocycles. The molecule has 0 spiro atoms. The summed E-state index contributed by atoms with van der Waals surface area (Å²) in [7, 11) is 0. The molecule has 2 aliphatic rings. The van der Waals surface area contributed by atoms with E-state index < -0.39 is 12.0 Å². The van der Waals surface area contributed by atoms with Crippen molar-refractivity contribution in [2.24, 2.45) is 5.92 Å². The van der Waals surface area contributed by atoms with Gasteiger partial charge in [-0.2, -0.15) is 0 Å². The van der Waals surface area contributed by atoms with Crippen LogP contribution in [-0.2, 0) is 9.53 Å². The molecule has 5 heteroatoms. The minimum absolute atomic E-state index is 0. The predicted octanol–water partition coefficient (Wildman–Crippen LogP) is 1.91. The second-order valence-corrected chi connectivity index (χ2v) is 6.24. The number of ether oxygens (including phenoxy) is 1. The first-order chi connectivity index (χ1) is 11.3. The van der Waals surface area contributed by atoms with Crippen LogP contribution in [0.15, 0.2) is 60.7 Å². The van der Waals surface area contributed by atoms with Crippen molar-refractivity contribution in [3.8, 4) is 0 Å². The number of rotatable bonds is 5. The van der Waals surface area contributed by atoms with E-state index in [2.05, 4.69) is 29.2 Å². The zero-order chi connectivity index (χ0) is 15.8. The fourth-order valence-electron chi connectivity index (χ4n) is 3.63. The number of aliphatic carboxylic acids is 1. The Morgan fingerprint density at radius 1 is 1.00 bits per heavy atom. The average Bonchev–Trinajstić information content (AvgIpc) is 3.23. The summed E-state index contributed by atoms with van der Waals surface area (Å²) in [5.41, 5.74) is 2.26. The van der Waals surface area contributed by atoms with Gasteiger partial charge in [0, 0.05) is 12.0 Å². The second kappa shape index (κ2) is 7.38. The molecule has 3 atom stereocenters. The van der Waals surface area contributed by atoms with E-state index in [-0.39, 0.29) is 41.6 Å². The van der Waals surface area contributed by atoms with Gasteiger partial charge in [-0.15, -0.1) is 0 Å². The summed E-state index contributed by atoms with van der Waals surface area (Å²) in [6, 6.07) is 19.9. The molecule has 4 nitrogen and oxygen atoms in total. The molecule has 0 amide bonds. The zero-order valence-corrected chi connectivity index (χ0v) is 12.7. The predicted molar refractivity (Wildman–Crippen MR) is 93.2 cm³/mol. The number of hydrogen-bond donors (Lipinski definition) is 1. The van der Waals surface area contributed by atoms with Gasteiger partial charge in [-0.25, -0.2) is 0 Å². The van der Waals surface area contributed by atoms with Crippen LogP contribution >= 0.6 is 0 Å². The molecule has 2 heterocycles. The Bertz CT molecular complexity index is 651. The van der Waals surface area contributed by atoms with Gasteiger partial charge in [0.15, 0.2) is 0 Å². The molecule has 1 unspecified atom stereocenters. The number of carbonyl (C=O) groups is 1. The molecule has 0 aromatic heterocycles. The Morgan fingerprint density at radius 2 is 1.50 bits per heavy atom. The summed E-state index contributed by atoms with van der Waals surface area (Å²) in [5.74, 6) is -0.412. The Kier molecular flexibility index (Phi) is 5.42. The number of hydrogen-bond acceptors (Lipinski definition) is 3. The van der Waals surface area contributed by atoms with E-state index in [9.17, 15) is 9.90 Å². The van der Waals surface area contributed by atoms with Crippen LogP contribution < -0.4 is 0 Å². The van der Waals surface area contributed by atoms with E-state index in [1.165, 1.54) is 0 Å². The standard InChI is InChI=1S/C19H19NO3.Na.H/c21-19(22)18-17(15-11-23-12-15)20(18)16(13-7-3-1-4-8-13)14-9-5-2-6-10-14;;/h1-10,15-18H,11-12H2,(H,21,22);;/t17-,18+,20?;;/m0../s1. The second-order valence-electron chi connectivity index (χ2n) is 6.24. The van der Waals surface area contributed by atoms with Gasteiger partial charge in [-0.1, -0.05) is 60.7 Å². The summed E-state index contributed by atoms with van der Waals surface area (Å²) in [6.45, 7) is 1.34. The summed E-state index contributed by atoms with van der Waals surface area (Å²) in [4.78, 5) is 13.8. The van der Waals surface area contributed by atoms with Crippen LogP contribution in [0.5, 0.6) is 0 Å². The summed E-state index contributed by atoms with van der Waals surface area (Å²) in [5, 5.41) is 9.62. The third-order valence-electron chi connectivity index (χ3n) is 4.83. The Labute approximate surface area is 163 Å². The van der Waals surface area contributed by atoms with Crippen molar-refractivity contribution in [3.63, 3.8) is 0 Å². The summed E-state index contributed by atoms with van der Waals surface area (Å²) >= 11 is 0. The van der Waals surface area contributed by atoms with Crippen LogP contribution in [0.25, 0.3) is 0 Å². The van der Waals surface area contributed by atoms with E-state index in [0.717, 1.165) is 11.1 Å². The molecule has 2 aromatic rings. The molecule has 24 heavy (non-hydrogen) atoms. The van der Waals surface area contributed by atoms with Crippen LogP contribution in [-0.4, -0.2) is 70.8 Å². The Balaban J connectivity index is 0.00000169. The molecular formula is C19H20NNaO3. The molecule has 4 rings (SSSR count). The van der Waals surface area contributed by atoms with Crippen LogP contribution in [0, 0.1) is 5.92 Å². The van der Waals surface area contributed by atoms with Gasteiger partial charge in [-0.05, 0) is 11.1 Å². The maximum absolute atomic E-state index is 11.7. The molecule has 0 bridgehead atoms. The third kappa shape index (κ3) is 3.17. The molecule has 2 saturated heterocycles. The molecule has 0 saturated carbocycles. The Hall–Kier alpha value is -1.17. The number of carboxylic acid groups (broad SMARTS) is 1. The van der Waals surface area contributed by atoms with Crippen molar-refractivity contribution >= 4 is 35.5 Å². The van der Waals surface area contributed by atoms with Crippen molar-refractivity contribution in [2.45, 2.75) is 18.1 Å². The van der Waals surface area contributed by atoms with Gasteiger partial charge in [0.25, 0.3) is 0 Å². The average molecular weight is 333 g/mol. The monoisotopic (exact) mass is 333 g/mol. The fraction of sp³-hybridized carbons (Fsp3) is 0.316. The van der Waals surface area contributed by atoms with Crippen LogP contribution in [0.3, 0.4) is 0 Å². The quantitative estimate of drug-likeness (QED) is 0.671. The van der Waals surface area contributed by atoms with E-state index >= 15 is 0 Å². The van der Waals surface area contributed by atoms with Crippen LogP contribution in [0.4, 0.5) is 0 Å². The van der Waals surface area contributed by atoms with E-state index in [1.807, 2.05) is 36.4 Å². The van der Waals surface area contributed by atoms with Crippen molar-refractivity contribution in [3.05, 3.63) is 71.8 Å². The molecular weight excluding hydrogens is 313 g/mol. The van der Waals surface area contributed by atoms with Crippen molar-refractivity contribution in [2.75, 3.05) is 13.2 Å². The normalized spacial score (nSPS) is 25.6. The van der Waals surface area contributed by atoms with Crippen LogP contribution in [0.1, 0.15) is 17.2 Å². The Morgan fingerprint density at radius 3 is 1.88 bits per heavy atom. The van der Waals surface area contributed by atoms with Gasteiger partial charge in [0.2, 0.25) is 0 Å². The summed E-state index contributed by atoms with van der Waals surface area (Å²) in [6.07, 6.45) is 0. The van der Waals surface area contributed by atoms with Crippen molar-refractivity contribution < 1.29 is 14.6 Å². The van der Waals surface area contributed by atoms with E-state index in [1.54, 1.807) is 0 Å². The first-order valence-electron chi connectivity index (χ1n) is 7.95. The van der Waals surface area contributed by atoms with Gasteiger partial charge < -0.3 is 9.84 Å². The first kappa shape index (κ1) is 17.6. The van der Waals surface area contributed by atoms with Crippen LogP contribution in [0.2, 0.25) is 0 Å². The zero-order valence-electron chi connectivity index (χ0n) is 12.7. The molecule has 0 radical (unpaired) electrons. The van der Waals surface area contributed by atoms with E-state index in [0.29, 0.717) is 19.1 Å². The molecule has 120 valence electrons. The number of benzene rings is 2. The van der Waals surface area contributed by atoms with Gasteiger partial charge in [0.1, 0.15) is 6.04 Å². The molecule has 2 fully saturated rings. The topological polar surface area (TPSA) is 49.5 Å². The number of nitrogens with zero attached hydrogens (tertiary/aromatic N) is 1. The minimum atomic E-state index is -0.737. The van der Waals surface area contributed by atoms with Gasteiger partial charge in [0.05, 0.1) is 19.3 Å². The molecule has 0 aliphatic carbocycles. The van der Waals surface area contributed by atoms with Crippen molar-refractivity contribution in [1.82, 2.24) is 4.90 Å². The molecule has 2 aromatic carbocycles. The SMILES string of the molecule is O=C(O)[C@H]1[C@H](C2COC2)N1C(c1ccccc1)c1ccccc1.[NaH]. The fourth-order valence-corrected chi connectivity index (χ4v) is 3.63. The maximum atomic E-state index is 11.7.